The molecular formula is C49H70N14O16. The van der Waals surface area contributed by atoms with Crippen LogP contribution in [0.5, 0.6) is 11.5 Å². The molecule has 10 atom stereocenters. The average molecular weight is 1110 g/mol. The summed E-state index contributed by atoms with van der Waals surface area (Å²) in [5.74, 6) is -9.95. The Labute approximate surface area is 452 Å². The van der Waals surface area contributed by atoms with Crippen LogP contribution >= 0.6 is 0 Å². The van der Waals surface area contributed by atoms with E-state index in [-0.39, 0.29) is 56.4 Å². The molecule has 30 heteroatoms. The number of carbonyl (C=O) groups excluding carboxylic acids is 11. The number of aliphatic hydroxyl groups excluding tert-OH is 3. The van der Waals surface area contributed by atoms with E-state index in [4.69, 9.17) is 17.2 Å². The molecular weight excluding hydrogens is 1040 g/mol. The van der Waals surface area contributed by atoms with E-state index in [0.717, 1.165) is 0 Å². The third-order valence-electron chi connectivity index (χ3n) is 11.7. The van der Waals surface area contributed by atoms with Gasteiger partial charge in [0, 0.05) is 31.2 Å². The predicted octanol–water partition coefficient (Wildman–Crippen LogP) is -7.24. The topological polar surface area (TPSA) is 504 Å². The zero-order chi connectivity index (χ0) is 58.8. The summed E-state index contributed by atoms with van der Waals surface area (Å²) in [5.41, 5.74) is 17.6. The summed E-state index contributed by atoms with van der Waals surface area (Å²) >= 11 is 0. The molecule has 3 aromatic rings. The van der Waals surface area contributed by atoms with Crippen molar-refractivity contribution in [2.45, 2.75) is 119 Å². The normalized spacial score (nSPS) is 14.8. The SMILES string of the molecule is C[C@@H](O)[C@H](NC(=O)[C@H](N)[C@@H](C)O)C(=O)N[C@@H](Cc1cnc[nH]1)C(=O)N[C@H](CO)C(=O)NCC(=O)N[C@H](CCCCN)C(=O)N[C@@H](Cc1ccc(O)cc1)C(=O)N[C@H](Cc1ccc(O)cc1)C(=O)NCC(=O)N[C@H](C=O)CC(N)=O. The van der Waals surface area contributed by atoms with Gasteiger partial charge in [-0.3, -0.25) is 47.9 Å². The molecule has 0 aliphatic carbocycles. The van der Waals surface area contributed by atoms with E-state index >= 15 is 0 Å². The fraction of sp³-hybridized carbons (Fsp3) is 0.469. The van der Waals surface area contributed by atoms with Crippen molar-refractivity contribution in [2.75, 3.05) is 26.2 Å². The third-order valence-corrected chi connectivity index (χ3v) is 11.7. The van der Waals surface area contributed by atoms with E-state index < -0.39 is 146 Å². The number of rotatable bonds is 34. The second kappa shape index (κ2) is 32.9. The van der Waals surface area contributed by atoms with Crippen LogP contribution in [0.1, 0.15) is 56.4 Å². The quantitative estimate of drug-likeness (QED) is 0.0195. The van der Waals surface area contributed by atoms with Gasteiger partial charge in [-0.05, 0) is 75.0 Å². The van der Waals surface area contributed by atoms with Crippen LogP contribution in [0.15, 0.2) is 61.1 Å². The number of primary amides is 1. The van der Waals surface area contributed by atoms with Crippen LogP contribution in [0.4, 0.5) is 0 Å². The number of hydrogen-bond donors (Lipinski definition) is 18. The molecule has 2 aromatic carbocycles. The van der Waals surface area contributed by atoms with Crippen molar-refractivity contribution in [3.8, 4) is 11.5 Å². The molecule has 0 bridgehead atoms. The average Bonchev–Trinajstić information content (AvgIpc) is 3.93. The fourth-order valence-corrected chi connectivity index (χ4v) is 7.32. The summed E-state index contributed by atoms with van der Waals surface area (Å²) in [6, 6.07) is -0.983. The lowest BCUT2D eigenvalue weighted by Crippen LogP contribution is -2.61. The number of aliphatic hydroxyl groups is 3. The Hall–Kier alpha value is -8.58. The molecule has 0 radical (unpaired) electrons. The predicted molar refractivity (Wildman–Crippen MR) is 277 cm³/mol. The number of phenols is 2. The zero-order valence-corrected chi connectivity index (χ0v) is 43.3. The van der Waals surface area contributed by atoms with Crippen molar-refractivity contribution in [3.63, 3.8) is 0 Å². The maximum atomic E-state index is 14.3. The van der Waals surface area contributed by atoms with Gasteiger partial charge in [-0.25, -0.2) is 4.98 Å². The number of nitrogens with two attached hydrogens (primary N) is 3. The van der Waals surface area contributed by atoms with Crippen molar-refractivity contribution in [2.24, 2.45) is 17.2 Å². The molecule has 3 rings (SSSR count). The first kappa shape index (κ1) is 64.7. The first-order valence-corrected chi connectivity index (χ1v) is 24.8. The number of carbonyl (C=O) groups is 11. The van der Waals surface area contributed by atoms with E-state index in [1.54, 1.807) is 0 Å². The zero-order valence-electron chi connectivity index (χ0n) is 43.3. The van der Waals surface area contributed by atoms with Crippen LogP contribution in [-0.4, -0.2) is 188 Å². The Morgan fingerprint density at radius 1 is 0.608 bits per heavy atom. The summed E-state index contributed by atoms with van der Waals surface area (Å²) in [5, 5.41) is 71.4. The molecule has 30 nitrogen and oxygen atoms in total. The molecule has 0 unspecified atom stereocenters. The van der Waals surface area contributed by atoms with Crippen LogP contribution in [0.25, 0.3) is 0 Å². The minimum atomic E-state index is -1.75. The number of phenolic OH excluding ortho intramolecular Hbond substituents is 2. The van der Waals surface area contributed by atoms with Crippen molar-refractivity contribution < 1.29 is 78.3 Å². The second-order valence-corrected chi connectivity index (χ2v) is 18.3. The van der Waals surface area contributed by atoms with E-state index in [2.05, 4.69) is 57.8 Å². The number of amides is 10. The molecule has 79 heavy (non-hydrogen) atoms. The highest BCUT2D eigenvalue weighted by Gasteiger charge is 2.35. The summed E-state index contributed by atoms with van der Waals surface area (Å²) in [6.45, 7) is -0.00504. The van der Waals surface area contributed by atoms with Gasteiger partial charge in [0.05, 0.1) is 50.7 Å². The molecule has 0 spiro atoms. The molecule has 10 amide bonds. The van der Waals surface area contributed by atoms with Crippen LogP contribution in [0, 0.1) is 0 Å². The third kappa shape index (κ3) is 22.9. The molecule has 0 saturated heterocycles. The molecule has 0 aliphatic rings. The number of aromatic hydroxyl groups is 2. The van der Waals surface area contributed by atoms with Gasteiger partial charge >= 0.3 is 0 Å². The first-order valence-electron chi connectivity index (χ1n) is 24.8. The number of unbranched alkanes of at least 4 members (excludes halogenated alkanes) is 1. The number of imidazole rings is 1. The standard InChI is InChI=1S/C49H70N14O16/c1-25(66)41(52)48(78)63-42(26(2)67)49(79)61-36(17-29-19-53-24-56-29)47(77)62-37(23-65)44(74)55-21-40(72)58-33(5-3-4-14-50)45(75)60-35(16-28-8-12-32(69)13-9-28)46(76)59-34(15-27-6-10-31(68)11-7-27)43(73)54-20-39(71)57-30(22-64)18-38(51)70/h6-13,19,22,24-26,30,33-37,41-42,65-69H,3-5,14-18,20-21,23,50,52H2,1-2H3,(H2,51,70)(H,53,56)(H,54,73)(H,55,74)(H,57,71)(H,58,72)(H,59,76)(H,60,75)(H,61,79)(H,62,77)(H,63,78)/t25-,26-,30+,33-,34-,35+,36+,37-,41-,42+/m1/s1. The molecule has 0 fully saturated rings. The number of nitrogens with zero attached hydrogens (tertiary/aromatic N) is 1. The van der Waals surface area contributed by atoms with Crippen LogP contribution in [0.2, 0.25) is 0 Å². The van der Waals surface area contributed by atoms with Gasteiger partial charge in [0.2, 0.25) is 59.1 Å². The number of aldehydes is 1. The lowest BCUT2D eigenvalue weighted by Gasteiger charge is -2.27. The Morgan fingerprint density at radius 3 is 1.56 bits per heavy atom. The second-order valence-electron chi connectivity index (χ2n) is 18.3. The summed E-state index contributed by atoms with van der Waals surface area (Å²) in [6.07, 6.45) is -0.681. The first-order chi connectivity index (χ1) is 37.4. The van der Waals surface area contributed by atoms with E-state index in [1.165, 1.54) is 74.9 Å². The van der Waals surface area contributed by atoms with E-state index in [1.807, 2.05) is 0 Å². The minimum Gasteiger partial charge on any atom is -0.508 e. The number of H-pyrrole nitrogens is 1. The van der Waals surface area contributed by atoms with Crippen LogP contribution < -0.4 is 65.1 Å². The van der Waals surface area contributed by atoms with Gasteiger partial charge in [0.1, 0.15) is 60.1 Å². The molecule has 0 aliphatic heterocycles. The maximum Gasteiger partial charge on any atom is 0.245 e. The Kier molecular flexibility index (Phi) is 26.9. The Morgan fingerprint density at radius 2 is 1.09 bits per heavy atom. The highest BCUT2D eigenvalue weighted by Crippen LogP contribution is 2.15. The summed E-state index contributed by atoms with van der Waals surface area (Å²) in [4.78, 5) is 150. The minimum absolute atomic E-state index is 0.0552. The van der Waals surface area contributed by atoms with Gasteiger partial charge in [-0.2, -0.15) is 0 Å². The van der Waals surface area contributed by atoms with Crippen LogP contribution in [-0.2, 0) is 72.0 Å². The largest absolute Gasteiger partial charge is 0.508 e. The monoisotopic (exact) mass is 1110 g/mol. The number of benzene rings is 2. The molecule has 1 heterocycles. The molecule has 0 saturated carbocycles. The molecule has 432 valence electrons. The lowest BCUT2D eigenvalue weighted by atomic mass is 10.0. The van der Waals surface area contributed by atoms with E-state index in [9.17, 15) is 78.3 Å². The lowest BCUT2D eigenvalue weighted by molar-refractivity contribution is -0.136. The Balaban J connectivity index is 1.81. The van der Waals surface area contributed by atoms with Crippen molar-refractivity contribution in [3.05, 3.63) is 77.9 Å². The van der Waals surface area contributed by atoms with Gasteiger partial charge < -0.3 is 100 Å². The molecule has 1 aromatic heterocycles. The number of aromatic amines is 1. The summed E-state index contributed by atoms with van der Waals surface area (Å²) < 4.78 is 0. The van der Waals surface area contributed by atoms with E-state index in [0.29, 0.717) is 23.2 Å². The number of hydrogen-bond acceptors (Lipinski definition) is 19. The smallest absolute Gasteiger partial charge is 0.245 e. The van der Waals surface area contributed by atoms with Crippen molar-refractivity contribution in [1.29, 1.82) is 0 Å². The molecule has 21 N–H and O–H groups in total. The summed E-state index contributed by atoms with van der Waals surface area (Å²) in [7, 11) is 0. The Bertz CT molecular complexity index is 2530. The van der Waals surface area contributed by atoms with Gasteiger partial charge in [-0.1, -0.05) is 24.3 Å². The van der Waals surface area contributed by atoms with Crippen molar-refractivity contribution in [1.82, 2.24) is 57.8 Å². The van der Waals surface area contributed by atoms with Crippen molar-refractivity contribution >= 4 is 65.4 Å². The maximum absolute atomic E-state index is 14.3. The van der Waals surface area contributed by atoms with Gasteiger partial charge in [-0.15, -0.1) is 0 Å². The fourth-order valence-electron chi connectivity index (χ4n) is 7.32. The number of aromatic nitrogens is 2. The number of nitrogens with one attached hydrogen (secondary N) is 10. The van der Waals surface area contributed by atoms with Gasteiger partial charge in [0.25, 0.3) is 0 Å². The highest BCUT2D eigenvalue weighted by atomic mass is 16.3. The highest BCUT2D eigenvalue weighted by molar-refractivity contribution is 5.98. The van der Waals surface area contributed by atoms with Gasteiger partial charge in [0.15, 0.2) is 0 Å². The van der Waals surface area contributed by atoms with Crippen LogP contribution in [0.3, 0.4) is 0 Å².